The summed E-state index contributed by atoms with van der Waals surface area (Å²) >= 11 is 12.2. The Morgan fingerprint density at radius 3 is 2.39 bits per heavy atom. The number of rotatable bonds is 6. The number of hydrogen-bond acceptors (Lipinski definition) is 5. The Bertz CT molecular complexity index is 1170. The number of hydrogen-bond donors (Lipinski definition) is 1. The van der Waals surface area contributed by atoms with Gasteiger partial charge in [-0.25, -0.2) is 4.79 Å². The van der Waals surface area contributed by atoms with Gasteiger partial charge in [-0.2, -0.15) is 5.26 Å². The summed E-state index contributed by atoms with van der Waals surface area (Å²) in [5.41, 5.74) is 1.88. The Balaban J connectivity index is 1.69. The van der Waals surface area contributed by atoms with Crippen LogP contribution in [0, 0.1) is 11.3 Å². The second kappa shape index (κ2) is 9.98. The quantitative estimate of drug-likeness (QED) is 0.505. The number of nitriles is 1. The standard InChI is InChI=1S/C23H16Cl2N2O4/c1-30-23(29)17-5-3-16(4-6-17)22(28)27-13-14-2-7-20(25)21(10-14)31-19-9-15(12-26)8-18(24)11-19/h2-11H,13H2,1H3,(H,27,28). The van der Waals surface area contributed by atoms with Gasteiger partial charge in [0, 0.05) is 17.1 Å². The maximum absolute atomic E-state index is 12.4. The van der Waals surface area contributed by atoms with Crippen molar-refractivity contribution >= 4 is 35.1 Å². The highest BCUT2D eigenvalue weighted by atomic mass is 35.5. The van der Waals surface area contributed by atoms with Gasteiger partial charge in [0.15, 0.2) is 0 Å². The van der Waals surface area contributed by atoms with Gasteiger partial charge in [-0.3, -0.25) is 4.79 Å². The van der Waals surface area contributed by atoms with E-state index in [2.05, 4.69) is 10.1 Å². The molecule has 3 aromatic rings. The molecular formula is C23H16Cl2N2O4. The number of esters is 1. The highest BCUT2D eigenvalue weighted by molar-refractivity contribution is 6.32. The normalized spacial score (nSPS) is 10.1. The molecule has 0 heterocycles. The number of methoxy groups -OCH3 is 1. The molecule has 0 radical (unpaired) electrons. The number of benzene rings is 3. The molecule has 1 N–H and O–H groups in total. The monoisotopic (exact) mass is 454 g/mol. The topological polar surface area (TPSA) is 88.4 Å². The molecule has 0 spiro atoms. The first-order chi connectivity index (χ1) is 14.9. The Morgan fingerprint density at radius 2 is 1.71 bits per heavy atom. The molecule has 0 saturated carbocycles. The largest absolute Gasteiger partial charge is 0.465 e. The van der Waals surface area contributed by atoms with Crippen LogP contribution in [0.4, 0.5) is 0 Å². The van der Waals surface area contributed by atoms with E-state index in [0.29, 0.717) is 38.2 Å². The van der Waals surface area contributed by atoms with Crippen LogP contribution >= 0.6 is 23.2 Å². The number of carbonyl (C=O) groups is 2. The highest BCUT2D eigenvalue weighted by Crippen LogP contribution is 2.32. The molecule has 3 rings (SSSR count). The lowest BCUT2D eigenvalue weighted by atomic mass is 10.1. The average Bonchev–Trinajstić information content (AvgIpc) is 2.78. The molecule has 0 unspecified atom stereocenters. The zero-order valence-electron chi connectivity index (χ0n) is 16.3. The predicted octanol–water partition coefficient (Wildman–Crippen LogP) is 5.37. The maximum Gasteiger partial charge on any atom is 0.337 e. The summed E-state index contributed by atoms with van der Waals surface area (Å²) in [4.78, 5) is 23.9. The van der Waals surface area contributed by atoms with Crippen molar-refractivity contribution in [2.24, 2.45) is 0 Å². The summed E-state index contributed by atoms with van der Waals surface area (Å²) in [5.74, 6) is -0.0376. The van der Waals surface area contributed by atoms with Gasteiger partial charge in [0.1, 0.15) is 11.5 Å². The molecule has 31 heavy (non-hydrogen) atoms. The summed E-state index contributed by atoms with van der Waals surface area (Å²) in [7, 11) is 1.29. The molecule has 0 aromatic heterocycles. The van der Waals surface area contributed by atoms with E-state index in [4.69, 9.17) is 33.2 Å². The SMILES string of the molecule is COC(=O)c1ccc(C(=O)NCc2ccc(Cl)c(Oc3cc(Cl)cc(C#N)c3)c2)cc1. The number of ether oxygens (including phenoxy) is 2. The molecule has 0 atom stereocenters. The molecule has 0 aliphatic rings. The van der Waals surface area contributed by atoms with Crippen molar-refractivity contribution in [3.8, 4) is 17.6 Å². The van der Waals surface area contributed by atoms with Crippen molar-refractivity contribution in [3.05, 3.63) is 93.0 Å². The predicted molar refractivity (Wildman–Crippen MR) is 117 cm³/mol. The Labute approximate surface area is 188 Å². The van der Waals surface area contributed by atoms with Crippen molar-refractivity contribution < 1.29 is 19.1 Å². The Hall–Kier alpha value is -3.53. The summed E-state index contributed by atoms with van der Waals surface area (Å²) in [5, 5.41) is 12.6. The molecule has 1 amide bonds. The summed E-state index contributed by atoms with van der Waals surface area (Å²) < 4.78 is 10.4. The van der Waals surface area contributed by atoms with Gasteiger partial charge in [-0.15, -0.1) is 0 Å². The van der Waals surface area contributed by atoms with E-state index in [0.717, 1.165) is 5.56 Å². The summed E-state index contributed by atoms with van der Waals surface area (Å²) in [6, 6.07) is 17.9. The van der Waals surface area contributed by atoms with Crippen molar-refractivity contribution in [1.82, 2.24) is 5.32 Å². The van der Waals surface area contributed by atoms with E-state index in [1.54, 1.807) is 42.5 Å². The van der Waals surface area contributed by atoms with E-state index in [1.165, 1.54) is 25.3 Å². The molecule has 6 nitrogen and oxygen atoms in total. The van der Waals surface area contributed by atoms with Gasteiger partial charge in [0.2, 0.25) is 0 Å². The molecule has 0 bridgehead atoms. The second-order valence-electron chi connectivity index (χ2n) is 6.41. The van der Waals surface area contributed by atoms with Crippen LogP contribution < -0.4 is 10.1 Å². The molecule has 0 aliphatic heterocycles. The van der Waals surface area contributed by atoms with Gasteiger partial charge in [-0.05, 0) is 60.2 Å². The number of halogens is 2. The highest BCUT2D eigenvalue weighted by Gasteiger charge is 2.11. The van der Waals surface area contributed by atoms with Crippen LogP contribution in [-0.2, 0) is 11.3 Å². The number of nitrogens with zero attached hydrogens (tertiary/aromatic N) is 1. The van der Waals surface area contributed by atoms with Crippen LogP contribution in [0.15, 0.2) is 60.7 Å². The third-order valence-electron chi connectivity index (χ3n) is 4.25. The average molecular weight is 455 g/mol. The number of amides is 1. The molecule has 8 heteroatoms. The van der Waals surface area contributed by atoms with Gasteiger partial charge in [-0.1, -0.05) is 29.3 Å². The minimum Gasteiger partial charge on any atom is -0.465 e. The first-order valence-corrected chi connectivity index (χ1v) is 9.78. The van der Waals surface area contributed by atoms with Gasteiger partial charge >= 0.3 is 5.97 Å². The maximum atomic E-state index is 12.4. The first-order valence-electron chi connectivity index (χ1n) is 9.03. The van der Waals surface area contributed by atoms with Gasteiger partial charge in [0.05, 0.1) is 29.3 Å². The minimum atomic E-state index is -0.470. The number of nitrogens with one attached hydrogen (secondary N) is 1. The van der Waals surface area contributed by atoms with Gasteiger partial charge < -0.3 is 14.8 Å². The first kappa shape index (κ1) is 22.2. The zero-order chi connectivity index (χ0) is 22.4. The Morgan fingerprint density at radius 1 is 1.00 bits per heavy atom. The van der Waals surface area contributed by atoms with E-state index in [9.17, 15) is 9.59 Å². The van der Waals surface area contributed by atoms with Crippen LogP contribution in [0.5, 0.6) is 11.5 Å². The zero-order valence-corrected chi connectivity index (χ0v) is 17.8. The summed E-state index contributed by atoms with van der Waals surface area (Å²) in [6.45, 7) is 0.226. The molecule has 0 aliphatic carbocycles. The molecule has 156 valence electrons. The van der Waals surface area contributed by atoms with Crippen LogP contribution in [0.1, 0.15) is 31.8 Å². The van der Waals surface area contributed by atoms with Crippen molar-refractivity contribution in [3.63, 3.8) is 0 Å². The van der Waals surface area contributed by atoms with Crippen LogP contribution in [0.25, 0.3) is 0 Å². The van der Waals surface area contributed by atoms with E-state index >= 15 is 0 Å². The minimum absolute atomic E-state index is 0.226. The lowest BCUT2D eigenvalue weighted by molar-refractivity contribution is 0.0600. The lowest BCUT2D eigenvalue weighted by Gasteiger charge is -2.11. The summed E-state index contributed by atoms with van der Waals surface area (Å²) in [6.07, 6.45) is 0. The molecule has 3 aromatic carbocycles. The van der Waals surface area contributed by atoms with Crippen LogP contribution in [0.3, 0.4) is 0 Å². The fourth-order valence-electron chi connectivity index (χ4n) is 2.71. The smallest absolute Gasteiger partial charge is 0.337 e. The Kier molecular flexibility index (Phi) is 7.14. The fourth-order valence-corrected chi connectivity index (χ4v) is 3.09. The van der Waals surface area contributed by atoms with Crippen LogP contribution in [-0.4, -0.2) is 19.0 Å². The van der Waals surface area contributed by atoms with E-state index < -0.39 is 5.97 Å². The van der Waals surface area contributed by atoms with Crippen molar-refractivity contribution in [1.29, 1.82) is 5.26 Å². The third kappa shape index (κ3) is 5.76. The molecule has 0 fully saturated rings. The van der Waals surface area contributed by atoms with Gasteiger partial charge in [0.25, 0.3) is 5.91 Å². The van der Waals surface area contributed by atoms with Crippen molar-refractivity contribution in [2.75, 3.05) is 7.11 Å². The molecule has 0 saturated heterocycles. The number of carbonyl (C=O) groups excluding carboxylic acids is 2. The fraction of sp³-hybridized carbons (Fsp3) is 0.0870. The van der Waals surface area contributed by atoms with E-state index in [-0.39, 0.29) is 12.5 Å². The van der Waals surface area contributed by atoms with E-state index in [1.807, 2.05) is 6.07 Å². The second-order valence-corrected chi connectivity index (χ2v) is 7.25. The van der Waals surface area contributed by atoms with Crippen LogP contribution in [0.2, 0.25) is 10.0 Å². The molecular weight excluding hydrogens is 439 g/mol. The van der Waals surface area contributed by atoms with Crippen molar-refractivity contribution in [2.45, 2.75) is 6.54 Å². The third-order valence-corrected chi connectivity index (χ3v) is 4.78. The lowest BCUT2D eigenvalue weighted by Crippen LogP contribution is -2.22.